The fraction of sp³-hybridized carbons (Fsp3) is 0.806. The summed E-state index contributed by atoms with van der Waals surface area (Å²) in [6.45, 7) is 13.5. The van der Waals surface area contributed by atoms with E-state index in [0.717, 1.165) is 12.8 Å². The number of likely N-dealkylation sites (tertiary alicyclic amines) is 1. The summed E-state index contributed by atoms with van der Waals surface area (Å²) in [4.78, 5) is 78.0. The molecule has 1 heterocycles. The van der Waals surface area contributed by atoms with Crippen molar-refractivity contribution in [3.8, 4) is 0 Å². The second kappa shape index (κ2) is 17.4. The molecule has 234 valence electrons. The van der Waals surface area contributed by atoms with E-state index in [1.54, 1.807) is 18.7 Å². The number of hydrogen-bond acceptors (Lipinski definition) is 7. The van der Waals surface area contributed by atoms with Crippen LogP contribution >= 0.6 is 0 Å². The van der Waals surface area contributed by atoms with Gasteiger partial charge in [0, 0.05) is 50.0 Å². The molecule has 10 nitrogen and oxygen atoms in total. The van der Waals surface area contributed by atoms with Crippen molar-refractivity contribution in [2.24, 2.45) is 29.6 Å². The third-order valence-corrected chi connectivity index (χ3v) is 7.68. The number of nitrogens with one attached hydrogen (secondary N) is 1. The van der Waals surface area contributed by atoms with Gasteiger partial charge in [-0.15, -0.1) is 0 Å². The van der Waals surface area contributed by atoms with Crippen LogP contribution in [0, 0.1) is 29.6 Å². The number of aliphatic carboxylic acids is 1. The standard InChI is InChI=1S/C31H52N2O8/c1-18(2)15-23(16-19(3)4)31(41)33-14-8-9-24(33)27(37)17-22(10-13-28(38)39)30(40)32-29(21(7)34)26(36)12-11-25(35)20(5)6/h18-24,29,34H,8-17H2,1-7H3,(H,32,40)(H,38,39)/t21?,22-,24+,29+/m1/s1. The molecule has 0 saturated carbocycles. The van der Waals surface area contributed by atoms with Gasteiger partial charge in [0.1, 0.15) is 11.8 Å². The predicted octanol–water partition coefficient (Wildman–Crippen LogP) is 3.57. The van der Waals surface area contributed by atoms with Crippen LogP contribution in [0.2, 0.25) is 0 Å². The highest BCUT2D eigenvalue weighted by Gasteiger charge is 2.39. The molecule has 1 rings (SSSR count). The van der Waals surface area contributed by atoms with Crippen LogP contribution in [-0.4, -0.2) is 75.0 Å². The van der Waals surface area contributed by atoms with Gasteiger partial charge in [0.05, 0.1) is 12.1 Å². The number of amides is 2. The van der Waals surface area contributed by atoms with Crippen molar-refractivity contribution in [3.05, 3.63) is 0 Å². The monoisotopic (exact) mass is 580 g/mol. The van der Waals surface area contributed by atoms with Crippen molar-refractivity contribution in [1.82, 2.24) is 10.2 Å². The Hall–Kier alpha value is -2.62. The normalized spacial score (nSPS) is 17.7. The molecule has 1 fully saturated rings. The molecule has 0 spiro atoms. The summed E-state index contributed by atoms with van der Waals surface area (Å²) in [5.41, 5.74) is 0. The van der Waals surface area contributed by atoms with Gasteiger partial charge in [0.25, 0.3) is 0 Å². The van der Waals surface area contributed by atoms with Crippen molar-refractivity contribution in [3.63, 3.8) is 0 Å². The van der Waals surface area contributed by atoms with Crippen LogP contribution in [-0.2, 0) is 28.8 Å². The van der Waals surface area contributed by atoms with E-state index in [-0.39, 0.29) is 61.4 Å². The first-order valence-corrected chi connectivity index (χ1v) is 15.1. The zero-order chi connectivity index (χ0) is 31.4. The van der Waals surface area contributed by atoms with E-state index in [1.807, 2.05) is 0 Å². The fourth-order valence-corrected chi connectivity index (χ4v) is 5.47. The minimum Gasteiger partial charge on any atom is -0.481 e. The molecule has 1 aliphatic rings. The Bertz CT molecular complexity index is 917. The molecule has 2 amide bonds. The summed E-state index contributed by atoms with van der Waals surface area (Å²) in [7, 11) is 0. The van der Waals surface area contributed by atoms with Crippen LogP contribution in [0.3, 0.4) is 0 Å². The van der Waals surface area contributed by atoms with Gasteiger partial charge in [-0.1, -0.05) is 41.5 Å². The van der Waals surface area contributed by atoms with Crippen molar-refractivity contribution in [1.29, 1.82) is 0 Å². The molecular formula is C31H52N2O8. The number of nitrogens with zero attached hydrogens (tertiary/aromatic N) is 1. The van der Waals surface area contributed by atoms with Gasteiger partial charge in [-0.25, -0.2) is 0 Å². The minimum absolute atomic E-state index is 0.0172. The molecule has 0 bridgehead atoms. The summed E-state index contributed by atoms with van der Waals surface area (Å²) < 4.78 is 0. The predicted molar refractivity (Wildman–Crippen MR) is 155 cm³/mol. The molecule has 0 radical (unpaired) electrons. The number of aliphatic hydroxyl groups is 1. The molecule has 41 heavy (non-hydrogen) atoms. The average Bonchev–Trinajstić information content (AvgIpc) is 3.36. The van der Waals surface area contributed by atoms with Crippen LogP contribution in [0.25, 0.3) is 0 Å². The lowest BCUT2D eigenvalue weighted by atomic mass is 9.87. The van der Waals surface area contributed by atoms with Gasteiger partial charge in [-0.2, -0.15) is 0 Å². The number of carbonyl (C=O) groups is 6. The summed E-state index contributed by atoms with van der Waals surface area (Å²) >= 11 is 0. The van der Waals surface area contributed by atoms with Crippen molar-refractivity contribution < 1.29 is 39.0 Å². The van der Waals surface area contributed by atoms with Gasteiger partial charge in [0.2, 0.25) is 11.8 Å². The maximum absolute atomic E-state index is 13.5. The maximum Gasteiger partial charge on any atom is 0.303 e. The lowest BCUT2D eigenvalue weighted by molar-refractivity contribution is -0.143. The number of carbonyl (C=O) groups excluding carboxylic acids is 5. The molecule has 1 unspecified atom stereocenters. The summed E-state index contributed by atoms with van der Waals surface area (Å²) in [6, 6.07) is -1.97. The van der Waals surface area contributed by atoms with Crippen LogP contribution in [0.4, 0.5) is 0 Å². The highest BCUT2D eigenvalue weighted by Crippen LogP contribution is 2.29. The topological polar surface area (TPSA) is 158 Å². The molecule has 0 aromatic rings. The van der Waals surface area contributed by atoms with Crippen molar-refractivity contribution in [2.75, 3.05) is 6.54 Å². The Kier molecular flexibility index (Phi) is 15.4. The van der Waals surface area contributed by atoms with Crippen molar-refractivity contribution >= 4 is 35.1 Å². The molecule has 1 aliphatic heterocycles. The maximum atomic E-state index is 13.5. The highest BCUT2D eigenvalue weighted by molar-refractivity contribution is 5.96. The van der Waals surface area contributed by atoms with Gasteiger partial charge < -0.3 is 20.4 Å². The Balaban J connectivity index is 3.06. The van der Waals surface area contributed by atoms with E-state index in [2.05, 4.69) is 33.0 Å². The summed E-state index contributed by atoms with van der Waals surface area (Å²) in [5, 5.41) is 22.0. The number of hydrogen-bond donors (Lipinski definition) is 3. The van der Waals surface area contributed by atoms with E-state index < -0.39 is 41.8 Å². The molecule has 10 heteroatoms. The smallest absolute Gasteiger partial charge is 0.303 e. The third-order valence-electron chi connectivity index (χ3n) is 7.68. The quantitative estimate of drug-likeness (QED) is 0.209. The second-order valence-corrected chi connectivity index (χ2v) is 12.8. The van der Waals surface area contributed by atoms with Crippen LogP contribution in [0.15, 0.2) is 0 Å². The third kappa shape index (κ3) is 12.4. The molecule has 1 saturated heterocycles. The molecule has 4 atom stereocenters. The zero-order valence-electron chi connectivity index (χ0n) is 26.0. The van der Waals surface area contributed by atoms with Crippen LogP contribution in [0.5, 0.6) is 0 Å². The lowest BCUT2D eigenvalue weighted by Crippen LogP contribution is -2.50. The number of aliphatic hydroxyl groups excluding tert-OH is 1. The van der Waals surface area contributed by atoms with E-state index in [0.29, 0.717) is 31.2 Å². The van der Waals surface area contributed by atoms with Crippen molar-refractivity contribution in [2.45, 2.75) is 124 Å². The molecular weight excluding hydrogens is 528 g/mol. The van der Waals surface area contributed by atoms with E-state index in [9.17, 15) is 39.0 Å². The van der Waals surface area contributed by atoms with E-state index >= 15 is 0 Å². The Labute approximate surface area is 245 Å². The number of ketones is 3. The van der Waals surface area contributed by atoms with E-state index in [1.165, 1.54) is 6.92 Å². The average molecular weight is 581 g/mol. The largest absolute Gasteiger partial charge is 0.481 e. The Morgan fingerprint density at radius 2 is 1.39 bits per heavy atom. The number of rotatable bonds is 19. The Morgan fingerprint density at radius 3 is 1.88 bits per heavy atom. The van der Waals surface area contributed by atoms with Gasteiger partial charge in [-0.3, -0.25) is 28.8 Å². The van der Waals surface area contributed by atoms with Gasteiger partial charge in [0.15, 0.2) is 11.6 Å². The first-order chi connectivity index (χ1) is 19.0. The van der Waals surface area contributed by atoms with Gasteiger partial charge in [-0.05, 0) is 50.9 Å². The zero-order valence-corrected chi connectivity index (χ0v) is 26.0. The molecule has 3 N–H and O–H groups in total. The van der Waals surface area contributed by atoms with Gasteiger partial charge >= 0.3 is 5.97 Å². The Morgan fingerprint density at radius 1 is 0.829 bits per heavy atom. The van der Waals surface area contributed by atoms with Crippen LogP contribution in [0.1, 0.15) is 106 Å². The molecule has 0 aromatic carbocycles. The lowest BCUT2D eigenvalue weighted by Gasteiger charge is -2.30. The first-order valence-electron chi connectivity index (χ1n) is 15.1. The number of Topliss-reactive ketones (excluding diaryl/α,β-unsaturated/α-hetero) is 3. The fourth-order valence-electron chi connectivity index (χ4n) is 5.47. The highest BCUT2D eigenvalue weighted by atomic mass is 16.4. The minimum atomic E-state index is -1.29. The molecule has 0 aliphatic carbocycles. The number of carboxylic acids is 1. The second-order valence-electron chi connectivity index (χ2n) is 12.8. The summed E-state index contributed by atoms with van der Waals surface area (Å²) in [6.07, 6.45) is 0.381. The first kappa shape index (κ1) is 36.4. The SMILES string of the molecule is CC(C)CC(CC(C)C)C(=O)N1CCC[C@H]1C(=O)C[C@@H](CCC(=O)O)C(=O)N[C@H](C(=O)CCC(=O)C(C)C)C(C)O. The molecule has 0 aromatic heterocycles. The summed E-state index contributed by atoms with van der Waals surface area (Å²) in [5.74, 6) is -3.69. The van der Waals surface area contributed by atoms with Crippen LogP contribution < -0.4 is 5.32 Å². The number of carboxylic acid groups (broad SMARTS) is 1. The van der Waals surface area contributed by atoms with E-state index in [4.69, 9.17) is 0 Å².